The van der Waals surface area contributed by atoms with E-state index in [0.717, 1.165) is 12.1 Å². The van der Waals surface area contributed by atoms with Crippen LogP contribution in [0.4, 0.5) is 14.6 Å². The molecule has 0 radical (unpaired) electrons. The fourth-order valence-electron chi connectivity index (χ4n) is 2.31. The molecule has 0 aliphatic carbocycles. The SMILES string of the molecule is Cc1nc(NCCNS(=O)(=O)c2ccc(F)cc2F)cc(-n2cccn2)n1. The number of hydrogen-bond donors (Lipinski definition) is 2. The van der Waals surface area contributed by atoms with Crippen molar-refractivity contribution >= 4 is 15.8 Å². The highest BCUT2D eigenvalue weighted by Gasteiger charge is 2.18. The van der Waals surface area contributed by atoms with Gasteiger partial charge in [-0.3, -0.25) is 0 Å². The van der Waals surface area contributed by atoms with Crippen LogP contribution in [0.2, 0.25) is 0 Å². The lowest BCUT2D eigenvalue weighted by Gasteiger charge is -2.10. The van der Waals surface area contributed by atoms with E-state index in [9.17, 15) is 17.2 Å². The minimum atomic E-state index is -4.09. The molecule has 0 unspecified atom stereocenters. The predicted molar refractivity (Wildman–Crippen MR) is 93.9 cm³/mol. The van der Waals surface area contributed by atoms with Crippen LogP contribution >= 0.6 is 0 Å². The Kier molecular flexibility index (Phi) is 5.42. The Morgan fingerprint density at radius 2 is 1.96 bits per heavy atom. The number of anilines is 1. The largest absolute Gasteiger partial charge is 0.369 e. The highest BCUT2D eigenvalue weighted by molar-refractivity contribution is 7.89. The zero-order chi connectivity index (χ0) is 19.4. The summed E-state index contributed by atoms with van der Waals surface area (Å²) in [7, 11) is -4.09. The first-order valence-corrected chi connectivity index (χ1v) is 9.38. The van der Waals surface area contributed by atoms with Crippen LogP contribution in [-0.2, 0) is 10.0 Å². The first-order valence-electron chi connectivity index (χ1n) is 7.89. The van der Waals surface area contributed by atoms with Crippen molar-refractivity contribution < 1.29 is 17.2 Å². The van der Waals surface area contributed by atoms with E-state index >= 15 is 0 Å². The van der Waals surface area contributed by atoms with E-state index in [4.69, 9.17) is 0 Å². The zero-order valence-electron chi connectivity index (χ0n) is 14.2. The Labute approximate surface area is 154 Å². The van der Waals surface area contributed by atoms with E-state index in [1.165, 1.54) is 0 Å². The van der Waals surface area contributed by atoms with Gasteiger partial charge in [0, 0.05) is 37.6 Å². The summed E-state index contributed by atoms with van der Waals surface area (Å²) >= 11 is 0. The molecule has 0 aliphatic rings. The number of nitrogens with zero attached hydrogens (tertiary/aromatic N) is 4. The standard InChI is InChI=1S/C16H16F2N6O2S/c1-11-22-15(10-16(23-11)24-8-2-5-20-24)19-6-7-21-27(25,26)14-4-3-12(17)9-13(14)18/h2-5,8-10,21H,6-7H2,1H3,(H,19,22,23). The third-order valence-corrected chi connectivity index (χ3v) is 4.96. The van der Waals surface area contributed by atoms with Crippen LogP contribution in [0.3, 0.4) is 0 Å². The molecule has 142 valence electrons. The van der Waals surface area contributed by atoms with Crippen molar-refractivity contribution in [2.75, 3.05) is 18.4 Å². The van der Waals surface area contributed by atoms with Gasteiger partial charge in [-0.15, -0.1) is 0 Å². The Balaban J connectivity index is 1.62. The minimum Gasteiger partial charge on any atom is -0.369 e. The maximum Gasteiger partial charge on any atom is 0.243 e. The molecule has 2 aromatic heterocycles. The fraction of sp³-hybridized carbons (Fsp3) is 0.188. The highest BCUT2D eigenvalue weighted by atomic mass is 32.2. The Hall–Kier alpha value is -2.92. The second kappa shape index (κ2) is 7.76. The first-order chi connectivity index (χ1) is 12.8. The van der Waals surface area contributed by atoms with Crippen LogP contribution in [0.25, 0.3) is 5.82 Å². The average Bonchev–Trinajstić information content (AvgIpc) is 3.12. The number of nitrogens with one attached hydrogen (secondary N) is 2. The molecule has 0 fully saturated rings. The average molecular weight is 394 g/mol. The minimum absolute atomic E-state index is 0.0285. The number of halogens is 2. The van der Waals surface area contributed by atoms with Gasteiger partial charge in [0.25, 0.3) is 0 Å². The van der Waals surface area contributed by atoms with Gasteiger partial charge in [0.1, 0.15) is 28.2 Å². The van der Waals surface area contributed by atoms with Crippen molar-refractivity contribution in [1.29, 1.82) is 0 Å². The lowest BCUT2D eigenvalue weighted by molar-refractivity contribution is 0.543. The molecule has 0 aliphatic heterocycles. The van der Waals surface area contributed by atoms with Gasteiger partial charge in [-0.25, -0.2) is 36.6 Å². The van der Waals surface area contributed by atoms with Gasteiger partial charge in [-0.1, -0.05) is 0 Å². The van der Waals surface area contributed by atoms with Gasteiger partial charge >= 0.3 is 0 Å². The lowest BCUT2D eigenvalue weighted by Crippen LogP contribution is -2.29. The summed E-state index contributed by atoms with van der Waals surface area (Å²) in [5, 5.41) is 7.05. The normalized spacial score (nSPS) is 11.5. The van der Waals surface area contributed by atoms with E-state index in [2.05, 4.69) is 25.1 Å². The topological polar surface area (TPSA) is 102 Å². The van der Waals surface area contributed by atoms with Crippen molar-refractivity contribution in [3.63, 3.8) is 0 Å². The van der Waals surface area contributed by atoms with Crippen molar-refractivity contribution in [2.24, 2.45) is 0 Å². The maximum absolute atomic E-state index is 13.6. The van der Waals surface area contributed by atoms with Crippen molar-refractivity contribution in [3.8, 4) is 5.82 Å². The number of sulfonamides is 1. The molecule has 0 bridgehead atoms. The number of aryl methyl sites for hydroxylation is 1. The summed E-state index contributed by atoms with van der Waals surface area (Å²) in [5.41, 5.74) is 0. The molecule has 0 saturated carbocycles. The van der Waals surface area contributed by atoms with Crippen molar-refractivity contribution in [1.82, 2.24) is 24.5 Å². The van der Waals surface area contributed by atoms with Gasteiger partial charge < -0.3 is 5.32 Å². The maximum atomic E-state index is 13.6. The summed E-state index contributed by atoms with van der Waals surface area (Å²) in [5.74, 6) is -0.436. The van der Waals surface area contributed by atoms with E-state index in [-0.39, 0.29) is 13.1 Å². The Morgan fingerprint density at radius 3 is 2.67 bits per heavy atom. The number of benzene rings is 1. The van der Waals surface area contributed by atoms with Crippen molar-refractivity contribution in [2.45, 2.75) is 11.8 Å². The van der Waals surface area contributed by atoms with Gasteiger partial charge in [0.15, 0.2) is 5.82 Å². The van der Waals surface area contributed by atoms with Crippen LogP contribution in [0.15, 0.2) is 47.6 Å². The molecule has 3 rings (SSSR count). The number of rotatable bonds is 7. The summed E-state index contributed by atoms with van der Waals surface area (Å²) < 4.78 is 54.6. The van der Waals surface area contributed by atoms with Gasteiger partial charge in [-0.05, 0) is 25.1 Å². The van der Waals surface area contributed by atoms with Gasteiger partial charge in [0.2, 0.25) is 10.0 Å². The third kappa shape index (κ3) is 4.63. The molecule has 2 heterocycles. The lowest BCUT2D eigenvalue weighted by atomic mass is 10.3. The van der Waals surface area contributed by atoms with Crippen LogP contribution in [0.5, 0.6) is 0 Å². The van der Waals surface area contributed by atoms with Crippen LogP contribution in [-0.4, -0.2) is 41.3 Å². The zero-order valence-corrected chi connectivity index (χ0v) is 15.0. The Morgan fingerprint density at radius 1 is 1.15 bits per heavy atom. The molecule has 1 aromatic carbocycles. The molecule has 0 spiro atoms. The number of aromatic nitrogens is 4. The monoisotopic (exact) mass is 394 g/mol. The van der Waals surface area contributed by atoms with Crippen LogP contribution in [0, 0.1) is 18.6 Å². The first kappa shape index (κ1) is 18.9. The smallest absolute Gasteiger partial charge is 0.243 e. The molecule has 27 heavy (non-hydrogen) atoms. The molecule has 0 saturated heterocycles. The summed E-state index contributed by atoms with van der Waals surface area (Å²) in [6.45, 7) is 1.88. The summed E-state index contributed by atoms with van der Waals surface area (Å²) in [6.07, 6.45) is 3.35. The molecule has 2 N–H and O–H groups in total. The van der Waals surface area contributed by atoms with Crippen LogP contribution in [0.1, 0.15) is 5.82 Å². The summed E-state index contributed by atoms with van der Waals surface area (Å²) in [6, 6.07) is 5.70. The highest BCUT2D eigenvalue weighted by Crippen LogP contribution is 2.15. The van der Waals surface area contributed by atoms with Gasteiger partial charge in [-0.2, -0.15) is 5.10 Å². The number of hydrogen-bond acceptors (Lipinski definition) is 6. The molecule has 11 heteroatoms. The van der Waals surface area contributed by atoms with E-state index in [0.29, 0.717) is 23.5 Å². The molecule has 3 aromatic rings. The molecular weight excluding hydrogens is 378 g/mol. The molecule has 8 nitrogen and oxygen atoms in total. The van der Waals surface area contributed by atoms with Gasteiger partial charge in [0.05, 0.1) is 0 Å². The van der Waals surface area contributed by atoms with E-state index in [1.54, 1.807) is 36.1 Å². The van der Waals surface area contributed by atoms with E-state index in [1.807, 2.05) is 0 Å². The van der Waals surface area contributed by atoms with E-state index < -0.39 is 26.6 Å². The third-order valence-electron chi connectivity index (χ3n) is 3.47. The molecular formula is C16H16F2N6O2S. The summed E-state index contributed by atoms with van der Waals surface area (Å²) in [4.78, 5) is 7.87. The quantitative estimate of drug-likeness (QED) is 0.591. The van der Waals surface area contributed by atoms with Crippen LogP contribution < -0.4 is 10.0 Å². The molecule has 0 atom stereocenters. The fourth-order valence-corrected chi connectivity index (χ4v) is 3.40. The second-order valence-electron chi connectivity index (χ2n) is 5.51. The Bertz CT molecular complexity index is 1040. The second-order valence-corrected chi connectivity index (χ2v) is 7.24. The van der Waals surface area contributed by atoms with Crippen molar-refractivity contribution in [3.05, 3.63) is 60.2 Å². The predicted octanol–water partition coefficient (Wildman–Crippen LogP) is 1.64. The molecule has 0 amide bonds.